The van der Waals surface area contributed by atoms with Crippen LogP contribution in [-0.2, 0) is 6.42 Å². The van der Waals surface area contributed by atoms with Crippen molar-refractivity contribution in [2.45, 2.75) is 33.1 Å². The minimum Gasteiger partial charge on any atom is -0.195 e. The summed E-state index contributed by atoms with van der Waals surface area (Å²) < 4.78 is 0. The fourth-order valence-corrected chi connectivity index (χ4v) is 3.13. The number of thiocarbonyl (C=S) groups is 1. The molecule has 1 aliphatic carbocycles. The van der Waals surface area contributed by atoms with E-state index in [4.69, 9.17) is 0 Å². The molecule has 3 rings (SSSR count). The van der Waals surface area contributed by atoms with E-state index in [1.807, 2.05) is 25.1 Å². The Hall–Kier alpha value is -2.46. The molecule has 0 unspecified atom stereocenters. The van der Waals surface area contributed by atoms with Crippen molar-refractivity contribution < 1.29 is 0 Å². The number of rotatable bonds is 3. The number of isothiocyanates is 1. The molecule has 0 atom stereocenters. The topological polar surface area (TPSA) is 12.4 Å². The van der Waals surface area contributed by atoms with Gasteiger partial charge in [0.15, 0.2) is 0 Å². The van der Waals surface area contributed by atoms with Crippen LogP contribution in [-0.4, -0.2) is 5.16 Å². The van der Waals surface area contributed by atoms with Gasteiger partial charge in [0.25, 0.3) is 0 Å². The summed E-state index contributed by atoms with van der Waals surface area (Å²) in [6.07, 6.45) is 5.79. The van der Waals surface area contributed by atoms with Gasteiger partial charge in [0.2, 0.25) is 0 Å². The third-order valence-electron chi connectivity index (χ3n) is 4.22. The molecule has 0 saturated carbocycles. The van der Waals surface area contributed by atoms with Crippen LogP contribution in [0, 0.1) is 18.8 Å². The molecule has 24 heavy (non-hydrogen) atoms. The van der Waals surface area contributed by atoms with E-state index in [-0.39, 0.29) is 0 Å². The Morgan fingerprint density at radius 3 is 2.75 bits per heavy atom. The Morgan fingerprint density at radius 1 is 1.12 bits per heavy atom. The summed E-state index contributed by atoms with van der Waals surface area (Å²) in [7, 11) is 0. The van der Waals surface area contributed by atoms with Crippen molar-refractivity contribution in [2.75, 3.05) is 0 Å². The summed E-state index contributed by atoms with van der Waals surface area (Å²) in [5, 5.41) is 2.39. The highest BCUT2D eigenvalue weighted by molar-refractivity contribution is 7.78. The van der Waals surface area contributed by atoms with E-state index < -0.39 is 0 Å². The van der Waals surface area contributed by atoms with Gasteiger partial charge in [0.05, 0.1) is 10.8 Å². The maximum Gasteiger partial charge on any atom is 0.0743 e. The van der Waals surface area contributed by atoms with Crippen molar-refractivity contribution in [3.63, 3.8) is 0 Å². The van der Waals surface area contributed by atoms with Gasteiger partial charge < -0.3 is 0 Å². The number of aliphatic imine (C=N–C) groups is 1. The van der Waals surface area contributed by atoms with Crippen molar-refractivity contribution in [1.29, 1.82) is 0 Å². The second-order valence-electron chi connectivity index (χ2n) is 6.10. The Labute approximate surface area is 149 Å². The number of benzene rings is 2. The fourth-order valence-electron chi connectivity index (χ4n) is 3.02. The van der Waals surface area contributed by atoms with Gasteiger partial charge in [-0.1, -0.05) is 42.9 Å². The number of nitrogens with zero attached hydrogens (tertiary/aromatic N) is 1. The molecule has 1 nitrogen and oxygen atoms in total. The first-order chi connectivity index (χ1) is 11.7. The van der Waals surface area contributed by atoms with Gasteiger partial charge in [-0.15, -0.1) is 0 Å². The van der Waals surface area contributed by atoms with Gasteiger partial charge in [-0.2, -0.15) is 4.99 Å². The average Bonchev–Trinajstić information content (AvgIpc) is 2.96. The zero-order valence-electron chi connectivity index (χ0n) is 14.0. The lowest BCUT2D eigenvalue weighted by molar-refractivity contribution is 0.886. The molecule has 0 fully saturated rings. The first kappa shape index (κ1) is 16.4. The van der Waals surface area contributed by atoms with Crippen LogP contribution in [0.5, 0.6) is 0 Å². The van der Waals surface area contributed by atoms with Crippen LogP contribution in [0.2, 0.25) is 0 Å². The maximum atomic E-state index is 4.64. The van der Waals surface area contributed by atoms with Crippen LogP contribution in [0.3, 0.4) is 0 Å². The predicted octanol–water partition coefficient (Wildman–Crippen LogP) is 5.87. The van der Waals surface area contributed by atoms with Crippen LogP contribution in [0.15, 0.2) is 47.0 Å². The summed E-state index contributed by atoms with van der Waals surface area (Å²) in [4.78, 5) is 4.00. The maximum absolute atomic E-state index is 4.64. The second kappa shape index (κ2) is 7.41. The molecule has 118 valence electrons. The minimum atomic E-state index is 0.820. The van der Waals surface area contributed by atoms with Crippen LogP contribution in [0.4, 0.5) is 5.69 Å². The predicted molar refractivity (Wildman–Crippen MR) is 105 cm³/mol. The zero-order valence-corrected chi connectivity index (χ0v) is 14.8. The van der Waals surface area contributed by atoms with E-state index in [9.17, 15) is 0 Å². The minimum absolute atomic E-state index is 0.820. The number of aryl methyl sites for hydroxylation is 1. The first-order valence-electron chi connectivity index (χ1n) is 8.22. The molecule has 0 spiro atoms. The molecule has 0 aromatic heterocycles. The number of allylic oxidation sites excluding steroid dienone is 1. The van der Waals surface area contributed by atoms with E-state index >= 15 is 0 Å². The van der Waals surface area contributed by atoms with E-state index in [0.717, 1.165) is 28.8 Å². The lowest BCUT2D eigenvalue weighted by Gasteiger charge is -2.01. The Kier molecular flexibility index (Phi) is 5.06. The molecule has 0 aliphatic heterocycles. The van der Waals surface area contributed by atoms with Crippen molar-refractivity contribution >= 4 is 29.1 Å². The normalized spacial score (nSPS) is 11.8. The molecule has 2 aromatic rings. The molecular weight excluding hydrogens is 310 g/mol. The zero-order chi connectivity index (χ0) is 16.9. The van der Waals surface area contributed by atoms with Crippen molar-refractivity contribution in [3.8, 4) is 11.8 Å². The smallest absolute Gasteiger partial charge is 0.0743 e. The van der Waals surface area contributed by atoms with Gasteiger partial charge >= 0.3 is 0 Å². The molecule has 2 aromatic carbocycles. The van der Waals surface area contributed by atoms with Crippen LogP contribution >= 0.6 is 12.2 Å². The fraction of sp³-hybridized carbons (Fsp3) is 0.227. The summed E-state index contributed by atoms with van der Waals surface area (Å²) in [5.41, 5.74) is 8.28. The highest BCUT2D eigenvalue weighted by Crippen LogP contribution is 2.28. The van der Waals surface area contributed by atoms with Crippen molar-refractivity contribution in [2.24, 2.45) is 4.99 Å². The third-order valence-corrected chi connectivity index (χ3v) is 4.31. The van der Waals surface area contributed by atoms with Crippen LogP contribution in [0.1, 0.15) is 47.6 Å². The standard InChI is InChI=1S/C22H19NS/c1-3-4-18-13-20-8-6-17(12-21(20)14-18)5-7-19-9-10-22(23-15-24)11-16(19)2/h6,8-13H,3-4,14H2,1-2H3. The third kappa shape index (κ3) is 3.71. The summed E-state index contributed by atoms with van der Waals surface area (Å²) in [5.74, 6) is 6.56. The van der Waals surface area contributed by atoms with E-state index in [2.05, 4.69) is 65.4 Å². The molecule has 0 amide bonds. The molecular formula is C22H19NS. The summed E-state index contributed by atoms with van der Waals surface area (Å²) in [6.45, 7) is 4.27. The Balaban J connectivity index is 1.82. The number of hydrogen-bond acceptors (Lipinski definition) is 2. The highest BCUT2D eigenvalue weighted by Gasteiger charge is 2.11. The van der Waals surface area contributed by atoms with Gasteiger partial charge in [-0.3, -0.25) is 0 Å². The van der Waals surface area contributed by atoms with Gasteiger partial charge in [0, 0.05) is 11.1 Å². The van der Waals surface area contributed by atoms with Crippen molar-refractivity contribution in [1.82, 2.24) is 0 Å². The molecule has 0 radical (unpaired) electrons. The Morgan fingerprint density at radius 2 is 2.00 bits per heavy atom. The molecule has 2 heteroatoms. The summed E-state index contributed by atoms with van der Waals surface area (Å²) in [6, 6.07) is 12.4. The first-order valence-corrected chi connectivity index (χ1v) is 8.63. The highest BCUT2D eigenvalue weighted by atomic mass is 32.1. The Bertz CT molecular complexity index is 919. The number of fused-ring (bicyclic) bond motifs is 1. The van der Waals surface area contributed by atoms with Crippen molar-refractivity contribution in [3.05, 3.63) is 69.8 Å². The average molecular weight is 329 g/mol. The SMILES string of the molecule is CCCC1=Cc2ccc(C#Cc3ccc(N=C=S)cc3C)cc2C1. The van der Waals surface area contributed by atoms with Crippen LogP contribution < -0.4 is 0 Å². The van der Waals surface area contributed by atoms with Gasteiger partial charge in [0.1, 0.15) is 0 Å². The van der Waals surface area contributed by atoms with E-state index in [1.165, 1.54) is 29.5 Å². The molecule has 0 heterocycles. The van der Waals surface area contributed by atoms with E-state index in [1.54, 1.807) is 0 Å². The lowest BCUT2D eigenvalue weighted by Crippen LogP contribution is -1.87. The quantitative estimate of drug-likeness (QED) is 0.390. The van der Waals surface area contributed by atoms with Gasteiger partial charge in [-0.25, -0.2) is 0 Å². The second-order valence-corrected chi connectivity index (χ2v) is 6.28. The largest absolute Gasteiger partial charge is 0.195 e. The molecule has 0 saturated heterocycles. The lowest BCUT2D eigenvalue weighted by atomic mass is 10.0. The molecule has 0 bridgehead atoms. The molecule has 1 aliphatic rings. The van der Waals surface area contributed by atoms with Gasteiger partial charge in [-0.05, 0) is 79.0 Å². The molecule has 0 N–H and O–H groups in total. The van der Waals surface area contributed by atoms with E-state index in [0.29, 0.717) is 0 Å². The monoisotopic (exact) mass is 329 g/mol. The van der Waals surface area contributed by atoms with Crippen LogP contribution in [0.25, 0.3) is 6.08 Å². The summed E-state index contributed by atoms with van der Waals surface area (Å²) >= 11 is 4.64. The number of hydrogen-bond donors (Lipinski definition) is 0.